The number of rotatable bonds is 9. The Bertz CT molecular complexity index is 997. The fourth-order valence-electron chi connectivity index (χ4n) is 4.87. The van der Waals surface area contributed by atoms with Crippen molar-refractivity contribution in [3.05, 3.63) is 24.0 Å². The van der Waals surface area contributed by atoms with Gasteiger partial charge in [-0.15, -0.1) is 0 Å². The molecule has 1 unspecified atom stereocenters. The second kappa shape index (κ2) is 12.3. The lowest BCUT2D eigenvalue weighted by Gasteiger charge is -2.31. The molecule has 1 aliphatic heterocycles. The van der Waals surface area contributed by atoms with Crippen molar-refractivity contribution in [2.75, 3.05) is 31.7 Å². The topological polar surface area (TPSA) is 117 Å². The van der Waals surface area contributed by atoms with Gasteiger partial charge in [-0.3, -0.25) is 4.99 Å². The molecular formula is C25H41N5O4S. The molecule has 196 valence electrons. The molecule has 0 spiro atoms. The monoisotopic (exact) mass is 507 g/mol. The van der Waals surface area contributed by atoms with Crippen LogP contribution in [0.15, 0.2) is 17.8 Å². The van der Waals surface area contributed by atoms with E-state index in [9.17, 15) is 13.5 Å². The number of ether oxygens (including phenoxy) is 1. The van der Waals surface area contributed by atoms with Gasteiger partial charge in [0.25, 0.3) is 0 Å². The van der Waals surface area contributed by atoms with Gasteiger partial charge in [0, 0.05) is 32.4 Å². The summed E-state index contributed by atoms with van der Waals surface area (Å²) in [6.45, 7) is 9.53. The number of aliphatic hydroxyl groups is 1. The fraction of sp³-hybridized carbons (Fsp3) is 0.720. The number of aliphatic imine (C=N–C) groups is 1. The van der Waals surface area contributed by atoms with E-state index in [-0.39, 0.29) is 24.2 Å². The van der Waals surface area contributed by atoms with E-state index in [4.69, 9.17) is 9.72 Å². The number of nitrogens with one attached hydrogen (secondary N) is 1. The maximum absolute atomic E-state index is 11.8. The van der Waals surface area contributed by atoms with Crippen LogP contribution in [-0.2, 0) is 14.8 Å². The molecule has 35 heavy (non-hydrogen) atoms. The highest BCUT2D eigenvalue weighted by atomic mass is 32.2. The number of sulfonamides is 1. The van der Waals surface area contributed by atoms with Gasteiger partial charge in [-0.05, 0) is 63.4 Å². The van der Waals surface area contributed by atoms with Crippen molar-refractivity contribution in [1.82, 2.24) is 14.3 Å². The van der Waals surface area contributed by atoms with Gasteiger partial charge in [0.05, 0.1) is 23.6 Å². The normalized spacial score (nSPS) is 23.6. The largest absolute Gasteiger partial charge is 0.474 e. The van der Waals surface area contributed by atoms with Gasteiger partial charge >= 0.3 is 0 Å². The van der Waals surface area contributed by atoms with Crippen molar-refractivity contribution in [2.45, 2.75) is 83.5 Å². The van der Waals surface area contributed by atoms with E-state index < -0.39 is 10.0 Å². The van der Waals surface area contributed by atoms with Crippen LogP contribution in [0.2, 0.25) is 0 Å². The number of hydrogen-bond acceptors (Lipinski definition) is 8. The maximum Gasteiger partial charge on any atom is 0.223 e. The molecule has 0 radical (unpaired) electrons. The first-order valence-electron chi connectivity index (χ1n) is 12.7. The first kappa shape index (κ1) is 27.5. The number of anilines is 1. The Hall–Kier alpha value is -2.04. The number of aromatic nitrogens is 2. The zero-order chi connectivity index (χ0) is 25.6. The lowest BCUT2D eigenvalue weighted by atomic mass is 9.81. The Morgan fingerprint density at radius 2 is 1.94 bits per heavy atom. The summed E-state index contributed by atoms with van der Waals surface area (Å²) in [5, 5.41) is 13.3. The number of piperidine rings is 1. The number of allylic oxidation sites excluding steroid dienone is 1. The molecule has 9 nitrogen and oxygen atoms in total. The maximum atomic E-state index is 11.8. The molecule has 10 heteroatoms. The summed E-state index contributed by atoms with van der Waals surface area (Å²) in [6, 6.07) is 0.243. The average Bonchev–Trinajstić information content (AvgIpc) is 2.82. The molecule has 0 amide bonds. The van der Waals surface area contributed by atoms with E-state index in [2.05, 4.69) is 35.7 Å². The van der Waals surface area contributed by atoms with Crippen molar-refractivity contribution in [3.8, 4) is 0 Å². The highest BCUT2D eigenvalue weighted by Crippen LogP contribution is 2.35. The second-order valence-electron chi connectivity index (χ2n) is 9.83. The highest BCUT2D eigenvalue weighted by molar-refractivity contribution is 7.88. The molecule has 2 heterocycles. The molecule has 3 rings (SSSR count). The molecule has 1 aromatic heterocycles. The molecule has 1 saturated carbocycles. The van der Waals surface area contributed by atoms with Crippen LogP contribution in [0.5, 0.6) is 0 Å². The molecule has 1 atom stereocenters. The zero-order valence-electron chi connectivity index (χ0n) is 21.5. The summed E-state index contributed by atoms with van der Waals surface area (Å²) in [5.74, 6) is 1.23. The predicted octanol–water partition coefficient (Wildman–Crippen LogP) is 3.46. The third-order valence-electron chi connectivity index (χ3n) is 6.96. The Kier molecular flexibility index (Phi) is 9.66. The molecule has 2 aliphatic rings. The average molecular weight is 508 g/mol. The Morgan fingerprint density at radius 3 is 2.51 bits per heavy atom. The molecule has 0 bridgehead atoms. The SMILES string of the molecule is C=C(c1nc(NC(C)CCC)ncc1/C(=N\C)OC1CCN(S(C)(=O)=O)CC1)[C@H]1CC[C@H](O)CC1. The summed E-state index contributed by atoms with van der Waals surface area (Å²) >= 11 is 0. The van der Waals surface area contributed by atoms with Crippen molar-refractivity contribution < 1.29 is 18.3 Å². The van der Waals surface area contributed by atoms with Crippen LogP contribution in [0.3, 0.4) is 0 Å². The Morgan fingerprint density at radius 1 is 1.29 bits per heavy atom. The van der Waals surface area contributed by atoms with Crippen LogP contribution in [0, 0.1) is 5.92 Å². The highest BCUT2D eigenvalue weighted by Gasteiger charge is 2.30. The Balaban J connectivity index is 1.83. The van der Waals surface area contributed by atoms with Crippen LogP contribution in [0.4, 0.5) is 5.95 Å². The van der Waals surface area contributed by atoms with Crippen molar-refractivity contribution in [2.24, 2.45) is 10.9 Å². The van der Waals surface area contributed by atoms with Gasteiger partial charge < -0.3 is 15.2 Å². The van der Waals surface area contributed by atoms with Crippen LogP contribution in [-0.4, -0.2) is 78.3 Å². The molecular weight excluding hydrogens is 466 g/mol. The molecule has 2 fully saturated rings. The molecule has 1 aromatic rings. The minimum atomic E-state index is -3.20. The van der Waals surface area contributed by atoms with E-state index in [0.717, 1.165) is 49.8 Å². The van der Waals surface area contributed by atoms with Gasteiger partial charge in [-0.25, -0.2) is 22.7 Å². The minimum absolute atomic E-state index is 0.139. The van der Waals surface area contributed by atoms with Gasteiger partial charge in [-0.2, -0.15) is 0 Å². The first-order chi connectivity index (χ1) is 16.6. The molecule has 2 N–H and O–H groups in total. The third-order valence-corrected chi connectivity index (χ3v) is 8.26. The van der Waals surface area contributed by atoms with Gasteiger partial charge in [0.15, 0.2) is 0 Å². The number of hydrogen-bond donors (Lipinski definition) is 2. The van der Waals surface area contributed by atoms with Gasteiger partial charge in [-0.1, -0.05) is 19.9 Å². The van der Waals surface area contributed by atoms with Crippen molar-refractivity contribution in [3.63, 3.8) is 0 Å². The third kappa shape index (κ3) is 7.47. The van der Waals surface area contributed by atoms with Gasteiger partial charge in [0.1, 0.15) is 6.10 Å². The van der Waals surface area contributed by atoms with E-state index in [1.165, 1.54) is 10.6 Å². The molecule has 0 aromatic carbocycles. The number of aliphatic hydroxyl groups excluding tert-OH is 1. The summed E-state index contributed by atoms with van der Waals surface area (Å²) in [6.07, 6.45) is 9.11. The number of nitrogens with zero attached hydrogens (tertiary/aromatic N) is 4. The standard InChI is InChI=1S/C25H41N5O4S/c1-6-7-17(2)28-25-27-16-22(23(29-25)18(3)19-8-10-20(31)11-9-19)24(26-4)34-21-12-14-30(15-13-21)35(5,32)33/h16-17,19-21,31H,3,6-15H2,1-2,4-5H3,(H,27,28,29)/b26-24+/t17?,19-,20-. The van der Waals surface area contributed by atoms with Gasteiger partial charge in [0.2, 0.25) is 21.9 Å². The van der Waals surface area contributed by atoms with E-state index in [1.807, 2.05) is 0 Å². The second-order valence-corrected chi connectivity index (χ2v) is 11.8. The van der Waals surface area contributed by atoms with Crippen LogP contribution in [0.1, 0.15) is 76.5 Å². The lowest BCUT2D eigenvalue weighted by Crippen LogP contribution is -2.41. The predicted molar refractivity (Wildman–Crippen MR) is 140 cm³/mol. The van der Waals surface area contributed by atoms with E-state index in [1.54, 1.807) is 13.2 Å². The smallest absolute Gasteiger partial charge is 0.223 e. The van der Waals surface area contributed by atoms with E-state index >= 15 is 0 Å². The quantitative estimate of drug-likeness (QED) is 0.388. The fourth-order valence-corrected chi connectivity index (χ4v) is 5.75. The summed E-state index contributed by atoms with van der Waals surface area (Å²) in [4.78, 5) is 13.8. The van der Waals surface area contributed by atoms with E-state index in [0.29, 0.717) is 43.3 Å². The zero-order valence-corrected chi connectivity index (χ0v) is 22.4. The van der Waals surface area contributed by atoms with Crippen LogP contribution < -0.4 is 5.32 Å². The Labute approximate surface area is 210 Å². The van der Waals surface area contributed by atoms with Crippen molar-refractivity contribution >= 4 is 27.4 Å². The van der Waals surface area contributed by atoms with Crippen LogP contribution >= 0.6 is 0 Å². The first-order valence-corrected chi connectivity index (χ1v) is 14.6. The summed E-state index contributed by atoms with van der Waals surface area (Å²) in [5.41, 5.74) is 2.33. The molecule has 1 saturated heterocycles. The molecule has 1 aliphatic carbocycles. The van der Waals surface area contributed by atoms with Crippen LogP contribution in [0.25, 0.3) is 5.57 Å². The van der Waals surface area contributed by atoms with Crippen molar-refractivity contribution in [1.29, 1.82) is 0 Å². The summed E-state index contributed by atoms with van der Waals surface area (Å²) < 4.78 is 31.5. The summed E-state index contributed by atoms with van der Waals surface area (Å²) in [7, 11) is -1.52. The minimum Gasteiger partial charge on any atom is -0.474 e. The lowest BCUT2D eigenvalue weighted by molar-refractivity contribution is 0.119.